The van der Waals surface area contributed by atoms with Gasteiger partial charge in [-0.1, -0.05) is 11.6 Å². The number of nitrogens with two attached hydrogens (primary N) is 1. The molecule has 1 aromatic carbocycles. The number of aromatic carboxylic acids is 1. The molecule has 0 radical (unpaired) electrons. The summed E-state index contributed by atoms with van der Waals surface area (Å²) >= 11 is 5.95. The summed E-state index contributed by atoms with van der Waals surface area (Å²) in [6.07, 6.45) is 0. The fourth-order valence-electron chi connectivity index (χ4n) is 1.59. The Labute approximate surface area is 95.8 Å². The van der Waals surface area contributed by atoms with E-state index in [0.29, 0.717) is 27.4 Å². The standard InChI is InChI=1S/C10H9ClN2O3/c1-16-9-4-2-7(10(14)15)13-8(4)5(11)3-6(9)12/h2-3,13H,12H2,1H3,(H,14,15). The molecule has 6 heteroatoms. The molecule has 5 nitrogen and oxygen atoms in total. The van der Waals surface area contributed by atoms with Gasteiger partial charge in [-0.05, 0) is 12.1 Å². The first-order valence-corrected chi connectivity index (χ1v) is 4.80. The van der Waals surface area contributed by atoms with Gasteiger partial charge in [0.1, 0.15) is 5.69 Å². The van der Waals surface area contributed by atoms with Crippen molar-refractivity contribution < 1.29 is 14.6 Å². The van der Waals surface area contributed by atoms with Crippen molar-refractivity contribution in [2.75, 3.05) is 12.8 Å². The van der Waals surface area contributed by atoms with Gasteiger partial charge in [-0.3, -0.25) is 0 Å². The van der Waals surface area contributed by atoms with E-state index in [1.54, 1.807) is 0 Å². The Morgan fingerprint density at radius 2 is 2.25 bits per heavy atom. The van der Waals surface area contributed by atoms with Crippen LogP contribution in [-0.4, -0.2) is 23.2 Å². The predicted molar refractivity (Wildman–Crippen MR) is 61.2 cm³/mol. The molecule has 2 rings (SSSR count). The molecule has 0 aliphatic heterocycles. The third-order valence-corrected chi connectivity index (χ3v) is 2.58. The number of methoxy groups -OCH3 is 1. The molecule has 84 valence electrons. The van der Waals surface area contributed by atoms with Crippen LogP contribution in [0.3, 0.4) is 0 Å². The highest BCUT2D eigenvalue weighted by Crippen LogP contribution is 2.36. The highest BCUT2D eigenvalue weighted by atomic mass is 35.5. The number of fused-ring (bicyclic) bond motifs is 1. The molecule has 0 spiro atoms. The summed E-state index contributed by atoms with van der Waals surface area (Å²) in [5, 5.41) is 9.79. The maximum absolute atomic E-state index is 10.8. The van der Waals surface area contributed by atoms with Gasteiger partial charge in [0.05, 0.1) is 23.3 Å². The van der Waals surface area contributed by atoms with Gasteiger partial charge in [0, 0.05) is 5.39 Å². The first-order valence-electron chi connectivity index (χ1n) is 4.42. The van der Waals surface area contributed by atoms with E-state index in [4.69, 9.17) is 27.2 Å². The zero-order chi connectivity index (χ0) is 11.9. The van der Waals surface area contributed by atoms with Gasteiger partial charge in [-0.15, -0.1) is 0 Å². The lowest BCUT2D eigenvalue weighted by Gasteiger charge is -2.06. The summed E-state index contributed by atoms with van der Waals surface area (Å²) in [5.74, 6) is -0.643. The van der Waals surface area contributed by atoms with E-state index in [1.807, 2.05) is 0 Å². The second kappa shape index (κ2) is 3.61. The van der Waals surface area contributed by atoms with Crippen LogP contribution in [0, 0.1) is 0 Å². The number of H-pyrrole nitrogens is 1. The lowest BCUT2D eigenvalue weighted by atomic mass is 10.2. The Kier molecular flexibility index (Phi) is 2.40. The molecule has 0 fully saturated rings. The van der Waals surface area contributed by atoms with Crippen molar-refractivity contribution in [1.82, 2.24) is 4.98 Å². The third kappa shape index (κ3) is 1.45. The maximum atomic E-state index is 10.8. The average Bonchev–Trinajstić information content (AvgIpc) is 2.63. The van der Waals surface area contributed by atoms with Gasteiger partial charge in [-0.25, -0.2) is 4.79 Å². The van der Waals surface area contributed by atoms with Crippen LogP contribution in [0.2, 0.25) is 5.02 Å². The van der Waals surface area contributed by atoms with Crippen molar-refractivity contribution in [1.29, 1.82) is 0 Å². The number of aromatic nitrogens is 1. The Morgan fingerprint density at radius 3 is 2.81 bits per heavy atom. The second-order valence-electron chi connectivity index (χ2n) is 3.26. The molecule has 2 aromatic rings. The summed E-state index contributed by atoms with van der Waals surface area (Å²) in [6.45, 7) is 0. The van der Waals surface area contributed by atoms with E-state index in [0.717, 1.165) is 0 Å². The Balaban J connectivity index is 2.83. The van der Waals surface area contributed by atoms with Crippen LogP contribution in [0.25, 0.3) is 10.9 Å². The minimum Gasteiger partial charge on any atom is -0.494 e. The summed E-state index contributed by atoms with van der Waals surface area (Å²) in [7, 11) is 1.46. The van der Waals surface area contributed by atoms with E-state index in [-0.39, 0.29) is 5.69 Å². The zero-order valence-electron chi connectivity index (χ0n) is 8.37. The van der Waals surface area contributed by atoms with Crippen molar-refractivity contribution >= 4 is 34.2 Å². The fourth-order valence-corrected chi connectivity index (χ4v) is 1.86. The van der Waals surface area contributed by atoms with E-state index in [2.05, 4.69) is 4.98 Å². The number of hydrogen-bond donors (Lipinski definition) is 3. The van der Waals surface area contributed by atoms with Crippen LogP contribution >= 0.6 is 11.6 Å². The monoisotopic (exact) mass is 240 g/mol. The topological polar surface area (TPSA) is 88.3 Å². The van der Waals surface area contributed by atoms with Crippen LogP contribution in [0.4, 0.5) is 5.69 Å². The van der Waals surface area contributed by atoms with Gasteiger partial charge in [0.2, 0.25) is 0 Å². The van der Waals surface area contributed by atoms with Crippen molar-refractivity contribution in [3.05, 3.63) is 22.8 Å². The molecule has 0 aliphatic rings. The van der Waals surface area contributed by atoms with Gasteiger partial charge < -0.3 is 20.6 Å². The van der Waals surface area contributed by atoms with Gasteiger partial charge >= 0.3 is 5.97 Å². The summed E-state index contributed by atoms with van der Waals surface area (Å²) in [4.78, 5) is 13.5. The van der Waals surface area contributed by atoms with E-state index >= 15 is 0 Å². The number of nitrogen functional groups attached to an aromatic ring is 1. The molecular weight excluding hydrogens is 232 g/mol. The number of carboxylic acid groups (broad SMARTS) is 1. The molecule has 1 aromatic heterocycles. The number of nitrogens with one attached hydrogen (secondary N) is 1. The number of benzene rings is 1. The van der Waals surface area contributed by atoms with Gasteiger partial charge in [0.15, 0.2) is 5.75 Å². The van der Waals surface area contributed by atoms with Gasteiger partial charge in [-0.2, -0.15) is 0 Å². The Hall–Kier alpha value is -1.88. The SMILES string of the molecule is COc1c(N)cc(Cl)c2[nH]c(C(=O)O)cc12. The number of anilines is 1. The molecule has 0 amide bonds. The number of rotatable bonds is 2. The van der Waals surface area contributed by atoms with Crippen LogP contribution in [0.5, 0.6) is 5.75 Å². The number of carboxylic acids is 1. The Bertz CT molecular complexity index is 577. The molecule has 0 aliphatic carbocycles. The first-order chi connectivity index (χ1) is 7.54. The summed E-state index contributed by atoms with van der Waals surface area (Å²) in [6, 6.07) is 2.96. The van der Waals surface area contributed by atoms with Crippen LogP contribution in [0.15, 0.2) is 12.1 Å². The molecule has 0 bridgehead atoms. The number of ether oxygens (including phenoxy) is 1. The molecule has 0 saturated heterocycles. The number of aromatic amines is 1. The van der Waals surface area contributed by atoms with Crippen molar-refractivity contribution in [3.8, 4) is 5.75 Å². The van der Waals surface area contributed by atoms with Crippen LogP contribution < -0.4 is 10.5 Å². The predicted octanol–water partition coefficient (Wildman–Crippen LogP) is 2.11. The molecule has 0 unspecified atom stereocenters. The number of halogens is 1. The van der Waals surface area contributed by atoms with Crippen LogP contribution in [0.1, 0.15) is 10.5 Å². The molecule has 16 heavy (non-hydrogen) atoms. The lowest BCUT2D eigenvalue weighted by Crippen LogP contribution is -1.94. The number of hydrogen-bond acceptors (Lipinski definition) is 3. The van der Waals surface area contributed by atoms with Crippen molar-refractivity contribution in [2.45, 2.75) is 0 Å². The third-order valence-electron chi connectivity index (χ3n) is 2.28. The van der Waals surface area contributed by atoms with Crippen molar-refractivity contribution in [2.24, 2.45) is 0 Å². The van der Waals surface area contributed by atoms with E-state index < -0.39 is 5.97 Å². The highest BCUT2D eigenvalue weighted by molar-refractivity contribution is 6.36. The zero-order valence-corrected chi connectivity index (χ0v) is 9.13. The van der Waals surface area contributed by atoms with Crippen molar-refractivity contribution in [3.63, 3.8) is 0 Å². The lowest BCUT2D eigenvalue weighted by molar-refractivity contribution is 0.0691. The van der Waals surface area contributed by atoms with Gasteiger partial charge in [0.25, 0.3) is 0 Å². The minimum absolute atomic E-state index is 0.0424. The number of carbonyl (C=O) groups is 1. The average molecular weight is 241 g/mol. The second-order valence-corrected chi connectivity index (χ2v) is 3.66. The maximum Gasteiger partial charge on any atom is 0.352 e. The molecule has 0 saturated carbocycles. The quantitative estimate of drug-likeness (QED) is 0.702. The molecule has 4 N–H and O–H groups in total. The largest absolute Gasteiger partial charge is 0.494 e. The molecule has 1 heterocycles. The first kappa shape index (κ1) is 10.6. The van der Waals surface area contributed by atoms with E-state index in [9.17, 15) is 4.79 Å². The Morgan fingerprint density at radius 1 is 1.56 bits per heavy atom. The molecular formula is C10H9ClN2O3. The van der Waals surface area contributed by atoms with E-state index in [1.165, 1.54) is 19.2 Å². The normalized spacial score (nSPS) is 10.6. The summed E-state index contributed by atoms with van der Waals surface area (Å²) < 4.78 is 5.11. The highest BCUT2D eigenvalue weighted by Gasteiger charge is 2.15. The smallest absolute Gasteiger partial charge is 0.352 e. The van der Waals surface area contributed by atoms with Crippen LogP contribution in [-0.2, 0) is 0 Å². The fraction of sp³-hybridized carbons (Fsp3) is 0.100. The summed E-state index contributed by atoms with van der Waals surface area (Å²) in [5.41, 5.74) is 6.63. The molecule has 0 atom stereocenters. The minimum atomic E-state index is -1.06.